The van der Waals surface area contributed by atoms with Crippen molar-refractivity contribution in [3.8, 4) is 0 Å². The lowest BCUT2D eigenvalue weighted by atomic mass is 10.1. The van der Waals surface area contributed by atoms with Crippen LogP contribution in [0.5, 0.6) is 0 Å². The minimum Gasteiger partial charge on any atom is -0.390 e. The molecule has 1 rings (SSSR count). The molecule has 0 aliphatic carbocycles. The van der Waals surface area contributed by atoms with Crippen molar-refractivity contribution in [2.45, 2.75) is 13.5 Å². The molecular formula is C9H14N2O2S. The van der Waals surface area contributed by atoms with Gasteiger partial charge >= 0.3 is 0 Å². The fraction of sp³-hybridized carbons (Fsp3) is 0.444. The molecule has 0 atom stereocenters. The number of carbonyl (C=O) groups is 1. The Bertz CT molecular complexity index is 347. The van der Waals surface area contributed by atoms with Crippen LogP contribution < -0.4 is 11.1 Å². The van der Waals surface area contributed by atoms with E-state index in [9.17, 15) is 4.79 Å². The lowest BCUT2D eigenvalue weighted by Gasteiger charge is -2.00. The standard InChI is InChI=1S/C9H14N2O2S/c1-5-6(4-13-3)14-8(10)7(5)9(12)11-2/h4,10H2,1-3H3,(H,11,12). The highest BCUT2D eigenvalue weighted by molar-refractivity contribution is 7.16. The van der Waals surface area contributed by atoms with E-state index in [0.717, 1.165) is 10.4 Å². The molecule has 1 heterocycles. The number of nitrogens with one attached hydrogen (secondary N) is 1. The maximum Gasteiger partial charge on any atom is 0.254 e. The molecule has 3 N–H and O–H groups in total. The predicted octanol–water partition coefficient (Wildman–Crippen LogP) is 1.14. The van der Waals surface area contributed by atoms with Gasteiger partial charge in [-0.05, 0) is 12.5 Å². The van der Waals surface area contributed by atoms with E-state index in [0.29, 0.717) is 17.2 Å². The van der Waals surface area contributed by atoms with Crippen LogP contribution in [0.2, 0.25) is 0 Å². The first-order valence-corrected chi connectivity index (χ1v) is 5.02. The summed E-state index contributed by atoms with van der Waals surface area (Å²) in [6.45, 7) is 2.38. The van der Waals surface area contributed by atoms with Crippen molar-refractivity contribution in [1.82, 2.24) is 5.32 Å². The molecule has 4 nitrogen and oxygen atoms in total. The molecule has 0 unspecified atom stereocenters. The van der Waals surface area contributed by atoms with Crippen molar-refractivity contribution < 1.29 is 9.53 Å². The van der Waals surface area contributed by atoms with E-state index in [1.54, 1.807) is 14.2 Å². The third-order valence-corrected chi connectivity index (χ3v) is 3.10. The molecule has 78 valence electrons. The van der Waals surface area contributed by atoms with Crippen molar-refractivity contribution in [1.29, 1.82) is 0 Å². The summed E-state index contributed by atoms with van der Waals surface area (Å²) in [6, 6.07) is 0. The Morgan fingerprint density at radius 1 is 1.64 bits per heavy atom. The number of nitrogens with two attached hydrogens (primary N) is 1. The smallest absolute Gasteiger partial charge is 0.254 e. The number of anilines is 1. The summed E-state index contributed by atoms with van der Waals surface area (Å²) in [6.07, 6.45) is 0. The Kier molecular flexibility index (Phi) is 3.49. The van der Waals surface area contributed by atoms with Gasteiger partial charge in [-0.1, -0.05) is 0 Å². The van der Waals surface area contributed by atoms with Crippen molar-refractivity contribution >= 4 is 22.2 Å². The summed E-state index contributed by atoms with van der Waals surface area (Å²) < 4.78 is 5.01. The minimum atomic E-state index is -0.140. The van der Waals surface area contributed by atoms with Gasteiger partial charge in [0, 0.05) is 19.0 Å². The molecule has 0 fully saturated rings. The van der Waals surface area contributed by atoms with E-state index in [1.165, 1.54) is 11.3 Å². The van der Waals surface area contributed by atoms with E-state index >= 15 is 0 Å². The van der Waals surface area contributed by atoms with Crippen LogP contribution in [0.3, 0.4) is 0 Å². The van der Waals surface area contributed by atoms with Gasteiger partial charge in [-0.25, -0.2) is 0 Å². The Morgan fingerprint density at radius 3 is 2.79 bits per heavy atom. The molecule has 1 amide bonds. The first-order valence-electron chi connectivity index (χ1n) is 4.20. The van der Waals surface area contributed by atoms with E-state index in [1.807, 2.05) is 6.92 Å². The zero-order chi connectivity index (χ0) is 10.7. The number of thiophene rings is 1. The van der Waals surface area contributed by atoms with Crippen LogP contribution in [0.15, 0.2) is 0 Å². The summed E-state index contributed by atoms with van der Waals surface area (Å²) in [4.78, 5) is 12.5. The summed E-state index contributed by atoms with van der Waals surface area (Å²) in [5, 5.41) is 3.12. The van der Waals surface area contributed by atoms with Gasteiger partial charge < -0.3 is 15.8 Å². The third-order valence-electron chi connectivity index (χ3n) is 2.00. The molecule has 0 aromatic carbocycles. The molecule has 14 heavy (non-hydrogen) atoms. The van der Waals surface area contributed by atoms with Crippen molar-refractivity contribution in [2.75, 3.05) is 19.9 Å². The molecular weight excluding hydrogens is 200 g/mol. The van der Waals surface area contributed by atoms with Gasteiger partial charge in [-0.15, -0.1) is 11.3 Å². The molecule has 0 saturated heterocycles. The first-order chi connectivity index (χ1) is 6.61. The van der Waals surface area contributed by atoms with Crippen LogP contribution in [-0.2, 0) is 11.3 Å². The van der Waals surface area contributed by atoms with Gasteiger partial charge in [0.25, 0.3) is 5.91 Å². The van der Waals surface area contributed by atoms with E-state index in [-0.39, 0.29) is 5.91 Å². The minimum absolute atomic E-state index is 0.140. The Balaban J connectivity index is 3.11. The molecule has 0 aliphatic heterocycles. The average Bonchev–Trinajstić information content (AvgIpc) is 2.42. The fourth-order valence-corrected chi connectivity index (χ4v) is 2.31. The molecule has 1 aromatic heterocycles. The summed E-state index contributed by atoms with van der Waals surface area (Å²) in [7, 11) is 3.21. The maximum atomic E-state index is 11.4. The summed E-state index contributed by atoms with van der Waals surface area (Å²) in [5.41, 5.74) is 7.24. The van der Waals surface area contributed by atoms with Crippen molar-refractivity contribution in [2.24, 2.45) is 0 Å². The monoisotopic (exact) mass is 214 g/mol. The predicted molar refractivity (Wildman–Crippen MR) is 57.6 cm³/mol. The number of nitrogen functional groups attached to an aromatic ring is 1. The number of rotatable bonds is 3. The van der Waals surface area contributed by atoms with Gasteiger partial charge in [0.1, 0.15) is 0 Å². The molecule has 0 spiro atoms. The van der Waals surface area contributed by atoms with Crippen LogP contribution in [0.4, 0.5) is 5.00 Å². The van der Waals surface area contributed by atoms with Crippen molar-refractivity contribution in [3.05, 3.63) is 16.0 Å². The van der Waals surface area contributed by atoms with Gasteiger partial charge in [0.05, 0.1) is 17.2 Å². The Labute approximate surface area is 87.1 Å². The van der Waals surface area contributed by atoms with Crippen molar-refractivity contribution in [3.63, 3.8) is 0 Å². The molecule has 5 heteroatoms. The quantitative estimate of drug-likeness (QED) is 0.793. The van der Waals surface area contributed by atoms with Gasteiger partial charge in [-0.2, -0.15) is 0 Å². The number of ether oxygens (including phenoxy) is 1. The van der Waals surface area contributed by atoms with Crippen LogP contribution in [0.25, 0.3) is 0 Å². The highest BCUT2D eigenvalue weighted by Crippen LogP contribution is 2.30. The number of hydrogen-bond donors (Lipinski definition) is 2. The number of amides is 1. The SMILES string of the molecule is CNC(=O)c1c(N)sc(COC)c1C. The second-order valence-corrected chi connectivity index (χ2v) is 4.04. The number of methoxy groups -OCH3 is 1. The van der Waals surface area contributed by atoms with Crippen LogP contribution in [0.1, 0.15) is 20.8 Å². The van der Waals surface area contributed by atoms with Gasteiger partial charge in [-0.3, -0.25) is 4.79 Å². The van der Waals surface area contributed by atoms with Gasteiger partial charge in [0.2, 0.25) is 0 Å². The Morgan fingerprint density at radius 2 is 2.29 bits per heavy atom. The molecule has 0 aliphatic rings. The lowest BCUT2D eigenvalue weighted by molar-refractivity contribution is 0.0963. The zero-order valence-corrected chi connectivity index (χ0v) is 9.33. The lowest BCUT2D eigenvalue weighted by Crippen LogP contribution is -2.19. The van der Waals surface area contributed by atoms with E-state index < -0.39 is 0 Å². The molecule has 0 radical (unpaired) electrons. The van der Waals surface area contributed by atoms with Crippen LogP contribution in [0, 0.1) is 6.92 Å². The van der Waals surface area contributed by atoms with E-state index in [4.69, 9.17) is 10.5 Å². The second kappa shape index (κ2) is 4.43. The number of hydrogen-bond acceptors (Lipinski definition) is 4. The largest absolute Gasteiger partial charge is 0.390 e. The van der Waals surface area contributed by atoms with Crippen LogP contribution in [-0.4, -0.2) is 20.1 Å². The molecule has 1 aromatic rings. The maximum absolute atomic E-state index is 11.4. The third kappa shape index (κ3) is 1.88. The molecule has 0 bridgehead atoms. The van der Waals surface area contributed by atoms with E-state index in [2.05, 4.69) is 5.32 Å². The molecule has 0 saturated carbocycles. The first kappa shape index (κ1) is 11.0. The van der Waals surface area contributed by atoms with Gasteiger partial charge in [0.15, 0.2) is 0 Å². The number of carbonyl (C=O) groups excluding carboxylic acids is 1. The zero-order valence-electron chi connectivity index (χ0n) is 8.51. The Hall–Kier alpha value is -1.07. The summed E-state index contributed by atoms with van der Waals surface area (Å²) >= 11 is 1.40. The average molecular weight is 214 g/mol. The van der Waals surface area contributed by atoms with Crippen LogP contribution >= 0.6 is 11.3 Å². The topological polar surface area (TPSA) is 64.4 Å². The normalized spacial score (nSPS) is 10.2. The summed E-state index contributed by atoms with van der Waals surface area (Å²) in [5.74, 6) is -0.140. The second-order valence-electron chi connectivity index (χ2n) is 2.90. The fourth-order valence-electron chi connectivity index (χ4n) is 1.26. The highest BCUT2D eigenvalue weighted by atomic mass is 32.1. The highest BCUT2D eigenvalue weighted by Gasteiger charge is 2.17.